The summed E-state index contributed by atoms with van der Waals surface area (Å²) in [6, 6.07) is 4.40. The highest BCUT2D eigenvalue weighted by Gasteiger charge is 2.18. The van der Waals surface area contributed by atoms with Crippen LogP contribution in [0, 0.1) is 5.82 Å². The van der Waals surface area contributed by atoms with Crippen molar-refractivity contribution in [3.05, 3.63) is 41.0 Å². The van der Waals surface area contributed by atoms with Crippen LogP contribution >= 0.6 is 0 Å². The lowest BCUT2D eigenvalue weighted by Crippen LogP contribution is -2.35. The largest absolute Gasteiger partial charge is 0.365 e. The van der Waals surface area contributed by atoms with E-state index in [1.54, 1.807) is 0 Å². The van der Waals surface area contributed by atoms with Gasteiger partial charge in [-0.1, -0.05) is 13.8 Å². The number of primary amides is 1. The number of nitrogens with one attached hydrogen (secondary N) is 2. The first-order chi connectivity index (χ1) is 12.7. The Balaban J connectivity index is 2.46. The molecule has 0 aliphatic rings. The molecule has 1 unspecified atom stereocenters. The molecule has 0 radical (unpaired) electrons. The van der Waals surface area contributed by atoms with Crippen molar-refractivity contribution in [2.75, 3.05) is 10.6 Å². The Hall–Kier alpha value is -2.74. The van der Waals surface area contributed by atoms with E-state index in [0.717, 1.165) is 30.3 Å². The number of rotatable bonds is 8. The van der Waals surface area contributed by atoms with Gasteiger partial charge in [0.05, 0.1) is 5.56 Å². The van der Waals surface area contributed by atoms with Crippen molar-refractivity contribution in [1.29, 1.82) is 0 Å². The first kappa shape index (κ1) is 20.6. The molecule has 2 aromatic heterocycles. The molecule has 6 N–H and O–H groups in total. The summed E-state index contributed by atoms with van der Waals surface area (Å²) in [5.74, 6) is -1.25. The molecule has 2 atom stereocenters. The Bertz CT molecular complexity index is 802. The minimum Gasteiger partial charge on any atom is -0.365 e. The maximum absolute atomic E-state index is 14.4. The molecule has 0 aliphatic carbocycles. The predicted molar refractivity (Wildman–Crippen MR) is 106 cm³/mol. The SMILES string of the molecule is CCc1cc(Nc2nc(NC(C)[C@H](C)N)c(F)cc2C(N)=O)cc(CC)n1. The fraction of sp³-hybridized carbons (Fsp3) is 0.421. The van der Waals surface area contributed by atoms with Crippen molar-refractivity contribution in [3.8, 4) is 0 Å². The number of amides is 1. The van der Waals surface area contributed by atoms with Crippen LogP contribution in [-0.4, -0.2) is 28.0 Å². The molecule has 2 rings (SSSR count). The van der Waals surface area contributed by atoms with E-state index in [1.165, 1.54) is 0 Å². The standard InChI is InChI=1S/C19H27FN6O/c1-5-12-7-14(8-13(6-2)24-12)25-18-15(17(22)27)9-16(20)19(26-18)23-11(4)10(3)21/h7-11H,5-6,21H2,1-4H3,(H2,22,27)(H2,23,24,25,26)/t10-,11?/m0/s1. The van der Waals surface area contributed by atoms with Crippen LogP contribution in [0.2, 0.25) is 0 Å². The van der Waals surface area contributed by atoms with Crippen LogP contribution in [-0.2, 0) is 12.8 Å². The number of nitrogens with two attached hydrogens (primary N) is 2. The first-order valence-corrected chi connectivity index (χ1v) is 9.04. The third-order valence-corrected chi connectivity index (χ3v) is 4.31. The van der Waals surface area contributed by atoms with Crippen LogP contribution in [0.25, 0.3) is 0 Å². The van der Waals surface area contributed by atoms with E-state index in [2.05, 4.69) is 20.6 Å². The van der Waals surface area contributed by atoms with Crippen LogP contribution in [0.3, 0.4) is 0 Å². The number of nitrogens with zero attached hydrogens (tertiary/aromatic N) is 2. The number of anilines is 3. The third-order valence-electron chi connectivity index (χ3n) is 4.31. The predicted octanol–water partition coefficient (Wildman–Crippen LogP) is 2.73. The molecule has 0 saturated carbocycles. The van der Waals surface area contributed by atoms with Gasteiger partial charge in [0.2, 0.25) is 0 Å². The van der Waals surface area contributed by atoms with E-state index in [1.807, 2.05) is 39.8 Å². The van der Waals surface area contributed by atoms with Gasteiger partial charge in [-0.15, -0.1) is 0 Å². The van der Waals surface area contributed by atoms with Crippen molar-refractivity contribution in [2.45, 2.75) is 52.6 Å². The summed E-state index contributed by atoms with van der Waals surface area (Å²) in [4.78, 5) is 20.5. The molecular formula is C19H27FN6O. The Morgan fingerprint density at radius 2 is 1.70 bits per heavy atom. The Morgan fingerprint density at radius 3 is 2.19 bits per heavy atom. The molecule has 0 bridgehead atoms. The quantitative estimate of drug-likeness (QED) is 0.564. The van der Waals surface area contributed by atoms with Crippen LogP contribution < -0.4 is 22.1 Å². The molecule has 7 nitrogen and oxygen atoms in total. The summed E-state index contributed by atoms with van der Waals surface area (Å²) >= 11 is 0. The molecule has 8 heteroatoms. The number of pyridine rings is 2. The average Bonchev–Trinajstić information content (AvgIpc) is 2.63. The molecule has 0 saturated heterocycles. The second-order valence-electron chi connectivity index (χ2n) is 6.54. The molecule has 1 amide bonds. The van der Waals surface area contributed by atoms with Gasteiger partial charge >= 0.3 is 0 Å². The van der Waals surface area contributed by atoms with Gasteiger partial charge in [-0.25, -0.2) is 9.37 Å². The molecule has 0 spiro atoms. The fourth-order valence-electron chi connectivity index (χ4n) is 2.44. The van der Waals surface area contributed by atoms with Crippen LogP contribution in [0.1, 0.15) is 49.4 Å². The van der Waals surface area contributed by atoms with E-state index in [4.69, 9.17) is 11.5 Å². The molecule has 2 heterocycles. The molecule has 0 fully saturated rings. The Morgan fingerprint density at radius 1 is 1.11 bits per heavy atom. The first-order valence-electron chi connectivity index (χ1n) is 9.04. The van der Waals surface area contributed by atoms with Crippen LogP contribution in [0.5, 0.6) is 0 Å². The number of halogens is 1. The topological polar surface area (TPSA) is 119 Å². The molecule has 0 aromatic carbocycles. The number of hydrogen-bond acceptors (Lipinski definition) is 6. The zero-order valence-electron chi connectivity index (χ0n) is 16.1. The number of carbonyl (C=O) groups is 1. The molecule has 146 valence electrons. The lowest BCUT2D eigenvalue weighted by atomic mass is 10.1. The molecule has 0 aliphatic heterocycles. The summed E-state index contributed by atoms with van der Waals surface area (Å²) in [6.07, 6.45) is 1.53. The van der Waals surface area contributed by atoms with Crippen molar-refractivity contribution in [2.24, 2.45) is 11.5 Å². The number of aromatic nitrogens is 2. The highest BCUT2D eigenvalue weighted by Crippen LogP contribution is 2.25. The second-order valence-corrected chi connectivity index (χ2v) is 6.54. The Labute approximate surface area is 158 Å². The normalized spacial score (nSPS) is 13.1. The molecule has 2 aromatic rings. The molecule has 27 heavy (non-hydrogen) atoms. The van der Waals surface area contributed by atoms with Gasteiger partial charge in [0, 0.05) is 29.2 Å². The fourth-order valence-corrected chi connectivity index (χ4v) is 2.44. The maximum atomic E-state index is 14.4. The highest BCUT2D eigenvalue weighted by atomic mass is 19.1. The van der Waals surface area contributed by atoms with E-state index in [0.29, 0.717) is 5.69 Å². The van der Waals surface area contributed by atoms with E-state index in [9.17, 15) is 9.18 Å². The summed E-state index contributed by atoms with van der Waals surface area (Å²) < 4.78 is 14.4. The van der Waals surface area contributed by atoms with Gasteiger partial charge < -0.3 is 22.1 Å². The second kappa shape index (κ2) is 8.77. The van der Waals surface area contributed by atoms with Gasteiger partial charge in [0.25, 0.3) is 5.91 Å². The van der Waals surface area contributed by atoms with Crippen LogP contribution in [0.15, 0.2) is 18.2 Å². The lowest BCUT2D eigenvalue weighted by Gasteiger charge is -2.20. The lowest BCUT2D eigenvalue weighted by molar-refractivity contribution is 0.100. The van der Waals surface area contributed by atoms with Crippen LogP contribution in [0.4, 0.5) is 21.7 Å². The summed E-state index contributed by atoms with van der Waals surface area (Å²) in [7, 11) is 0. The van der Waals surface area contributed by atoms with Crippen molar-refractivity contribution < 1.29 is 9.18 Å². The van der Waals surface area contributed by atoms with E-state index >= 15 is 0 Å². The van der Waals surface area contributed by atoms with Gasteiger partial charge in [-0.05, 0) is 44.9 Å². The zero-order chi connectivity index (χ0) is 20.1. The zero-order valence-corrected chi connectivity index (χ0v) is 16.1. The monoisotopic (exact) mass is 374 g/mol. The van der Waals surface area contributed by atoms with Gasteiger partial charge in [0.1, 0.15) is 5.82 Å². The Kier molecular flexibility index (Phi) is 6.68. The average molecular weight is 374 g/mol. The van der Waals surface area contributed by atoms with Gasteiger partial charge in [0.15, 0.2) is 11.6 Å². The van der Waals surface area contributed by atoms with E-state index < -0.39 is 11.7 Å². The third kappa shape index (κ3) is 5.13. The number of hydrogen-bond donors (Lipinski definition) is 4. The smallest absolute Gasteiger partial charge is 0.252 e. The minimum absolute atomic E-state index is 0.00721. The summed E-state index contributed by atoms with van der Waals surface area (Å²) in [6.45, 7) is 7.65. The summed E-state index contributed by atoms with van der Waals surface area (Å²) in [5, 5.41) is 6.01. The van der Waals surface area contributed by atoms with Gasteiger partial charge in [-0.3, -0.25) is 9.78 Å². The maximum Gasteiger partial charge on any atom is 0.252 e. The number of carbonyl (C=O) groups excluding carboxylic acids is 1. The van der Waals surface area contributed by atoms with Gasteiger partial charge in [-0.2, -0.15) is 0 Å². The van der Waals surface area contributed by atoms with Crippen molar-refractivity contribution in [3.63, 3.8) is 0 Å². The number of aryl methyl sites for hydroxylation is 2. The highest BCUT2D eigenvalue weighted by molar-refractivity contribution is 5.98. The van der Waals surface area contributed by atoms with E-state index in [-0.39, 0.29) is 29.3 Å². The molecular weight excluding hydrogens is 347 g/mol. The van der Waals surface area contributed by atoms with Crippen molar-refractivity contribution in [1.82, 2.24) is 9.97 Å². The minimum atomic E-state index is -0.767. The summed E-state index contributed by atoms with van der Waals surface area (Å²) in [5.41, 5.74) is 13.7. The van der Waals surface area contributed by atoms with Crippen molar-refractivity contribution >= 4 is 23.2 Å².